The van der Waals surface area contributed by atoms with Crippen LogP contribution in [0.5, 0.6) is 0 Å². The highest BCUT2D eigenvalue weighted by Gasteiger charge is 2.27. The maximum absolute atomic E-state index is 6.00. The van der Waals surface area contributed by atoms with Crippen molar-refractivity contribution in [2.24, 2.45) is 5.92 Å². The van der Waals surface area contributed by atoms with E-state index in [2.05, 4.69) is 33.5 Å². The first kappa shape index (κ1) is 17.6. The van der Waals surface area contributed by atoms with Gasteiger partial charge in [-0.1, -0.05) is 0 Å². The fraction of sp³-hybridized carbons (Fsp3) is 0.600. The van der Waals surface area contributed by atoms with Gasteiger partial charge in [-0.05, 0) is 43.4 Å². The van der Waals surface area contributed by atoms with Gasteiger partial charge in [0.25, 0.3) is 0 Å². The Kier molecular flexibility index (Phi) is 5.62. The Balaban J connectivity index is 1.34. The van der Waals surface area contributed by atoms with Gasteiger partial charge in [-0.15, -0.1) is 0 Å². The van der Waals surface area contributed by atoms with E-state index in [-0.39, 0.29) is 0 Å². The predicted molar refractivity (Wildman–Crippen MR) is 98.5 cm³/mol. The van der Waals surface area contributed by atoms with Gasteiger partial charge in [0.05, 0.1) is 31.1 Å². The van der Waals surface area contributed by atoms with Crippen molar-refractivity contribution in [3.8, 4) is 0 Å². The van der Waals surface area contributed by atoms with Crippen molar-refractivity contribution in [3.63, 3.8) is 0 Å². The number of pyridine rings is 1. The molecule has 0 saturated carbocycles. The van der Waals surface area contributed by atoms with E-state index in [1.807, 2.05) is 18.6 Å². The van der Waals surface area contributed by atoms with Crippen LogP contribution in [0.25, 0.3) is 0 Å². The third-order valence-electron chi connectivity index (χ3n) is 5.58. The molecule has 0 bridgehead atoms. The minimum absolute atomic E-state index is 0.307. The summed E-state index contributed by atoms with van der Waals surface area (Å²) >= 11 is 0. The summed E-state index contributed by atoms with van der Waals surface area (Å²) < 4.78 is 13.8. The first-order valence-corrected chi connectivity index (χ1v) is 9.64. The second kappa shape index (κ2) is 8.29. The van der Waals surface area contributed by atoms with Crippen molar-refractivity contribution < 1.29 is 9.47 Å². The van der Waals surface area contributed by atoms with Crippen molar-refractivity contribution in [2.75, 3.05) is 26.4 Å². The molecule has 2 aliphatic heterocycles. The lowest BCUT2D eigenvalue weighted by molar-refractivity contribution is 0.0139. The highest BCUT2D eigenvalue weighted by Crippen LogP contribution is 2.27. The molecule has 1 atom stereocenters. The van der Waals surface area contributed by atoms with E-state index < -0.39 is 0 Å². The molecule has 0 aliphatic carbocycles. The van der Waals surface area contributed by atoms with Crippen LogP contribution in [0, 0.1) is 5.92 Å². The highest BCUT2D eigenvalue weighted by atomic mass is 16.5. The summed E-state index contributed by atoms with van der Waals surface area (Å²) in [6, 6.07) is 4.48. The molecule has 6 heteroatoms. The zero-order chi connectivity index (χ0) is 17.8. The minimum Gasteiger partial charge on any atom is -0.381 e. The number of fused-ring (bicyclic) bond motifs is 1. The fourth-order valence-corrected chi connectivity index (χ4v) is 3.90. The fourth-order valence-electron chi connectivity index (χ4n) is 3.90. The minimum atomic E-state index is 0.307. The Morgan fingerprint density at radius 2 is 2.00 bits per heavy atom. The smallest absolute Gasteiger partial charge is 0.126 e. The summed E-state index contributed by atoms with van der Waals surface area (Å²) in [5.41, 5.74) is 2.49. The van der Waals surface area contributed by atoms with E-state index in [0.717, 1.165) is 58.1 Å². The average molecular weight is 356 g/mol. The van der Waals surface area contributed by atoms with Gasteiger partial charge < -0.3 is 14.0 Å². The Hall–Kier alpha value is -1.76. The van der Waals surface area contributed by atoms with Gasteiger partial charge in [0, 0.05) is 45.2 Å². The Morgan fingerprint density at radius 3 is 2.81 bits per heavy atom. The van der Waals surface area contributed by atoms with E-state index >= 15 is 0 Å². The molecule has 2 aromatic rings. The van der Waals surface area contributed by atoms with Crippen molar-refractivity contribution in [1.82, 2.24) is 19.4 Å². The molecule has 6 nitrogen and oxygen atoms in total. The van der Waals surface area contributed by atoms with Gasteiger partial charge in [-0.25, -0.2) is 4.98 Å². The molecule has 2 aromatic heterocycles. The maximum atomic E-state index is 6.00. The van der Waals surface area contributed by atoms with Crippen LogP contribution in [0.3, 0.4) is 0 Å². The zero-order valence-electron chi connectivity index (χ0n) is 15.5. The highest BCUT2D eigenvalue weighted by molar-refractivity contribution is 5.13. The van der Waals surface area contributed by atoms with Crippen LogP contribution in [0.15, 0.2) is 30.7 Å². The second-order valence-corrected chi connectivity index (χ2v) is 7.33. The third kappa shape index (κ3) is 3.98. The molecular formula is C20H28N4O2. The standard InChI is InChI=1S/C20H28N4O2/c1-16-20-22-12-19(15-26-14-18-4-10-25-11-5-18)24(20)9-8-23(16)13-17-2-6-21-7-3-17/h2-3,6-7,12,16,18H,4-5,8-11,13-15H2,1H3/t16-/m0/s1. The van der Waals surface area contributed by atoms with Crippen LogP contribution in [0.4, 0.5) is 0 Å². The van der Waals surface area contributed by atoms with E-state index in [0.29, 0.717) is 18.6 Å². The molecule has 2 aliphatic rings. The summed E-state index contributed by atoms with van der Waals surface area (Å²) in [7, 11) is 0. The monoisotopic (exact) mass is 356 g/mol. The summed E-state index contributed by atoms with van der Waals surface area (Å²) in [5, 5.41) is 0. The van der Waals surface area contributed by atoms with Crippen LogP contribution < -0.4 is 0 Å². The molecule has 1 saturated heterocycles. The molecule has 1 fully saturated rings. The number of rotatable bonds is 6. The lowest BCUT2D eigenvalue weighted by atomic mass is 10.0. The molecule has 0 aromatic carbocycles. The van der Waals surface area contributed by atoms with E-state index in [9.17, 15) is 0 Å². The number of aromatic nitrogens is 3. The molecule has 0 amide bonds. The number of hydrogen-bond donors (Lipinski definition) is 0. The predicted octanol–water partition coefficient (Wildman–Crippen LogP) is 2.80. The lowest BCUT2D eigenvalue weighted by Crippen LogP contribution is -2.37. The van der Waals surface area contributed by atoms with E-state index in [4.69, 9.17) is 14.5 Å². The first-order valence-electron chi connectivity index (χ1n) is 9.64. The Bertz CT molecular complexity index is 697. The summed E-state index contributed by atoms with van der Waals surface area (Å²) in [6.45, 7) is 8.41. The molecular weight excluding hydrogens is 328 g/mol. The van der Waals surface area contributed by atoms with Gasteiger partial charge in [0.2, 0.25) is 0 Å². The summed E-state index contributed by atoms with van der Waals surface area (Å²) in [6.07, 6.45) is 7.94. The van der Waals surface area contributed by atoms with E-state index in [1.54, 1.807) is 0 Å². The van der Waals surface area contributed by atoms with Crippen molar-refractivity contribution in [2.45, 2.75) is 45.5 Å². The Morgan fingerprint density at radius 1 is 1.19 bits per heavy atom. The van der Waals surface area contributed by atoms with Gasteiger partial charge >= 0.3 is 0 Å². The SMILES string of the molecule is C[C@H]1c2ncc(COCC3CCOCC3)n2CCN1Cc1ccncc1. The van der Waals surface area contributed by atoms with Crippen LogP contribution in [-0.4, -0.2) is 45.8 Å². The Labute approximate surface area is 155 Å². The third-order valence-corrected chi connectivity index (χ3v) is 5.58. The molecule has 0 N–H and O–H groups in total. The van der Waals surface area contributed by atoms with Crippen molar-refractivity contribution in [3.05, 3.63) is 47.8 Å². The van der Waals surface area contributed by atoms with Gasteiger partial charge in [0.1, 0.15) is 5.82 Å². The van der Waals surface area contributed by atoms with Crippen molar-refractivity contribution in [1.29, 1.82) is 0 Å². The molecule has 0 spiro atoms. The largest absolute Gasteiger partial charge is 0.381 e. The number of nitrogens with zero attached hydrogens (tertiary/aromatic N) is 4. The summed E-state index contributed by atoms with van der Waals surface area (Å²) in [5.74, 6) is 1.79. The van der Waals surface area contributed by atoms with Crippen LogP contribution >= 0.6 is 0 Å². The van der Waals surface area contributed by atoms with Gasteiger partial charge in [0.15, 0.2) is 0 Å². The summed E-state index contributed by atoms with van der Waals surface area (Å²) in [4.78, 5) is 11.3. The zero-order valence-corrected chi connectivity index (χ0v) is 15.5. The normalized spacial score (nSPS) is 21.7. The van der Waals surface area contributed by atoms with Crippen LogP contribution in [0.2, 0.25) is 0 Å². The first-order chi connectivity index (χ1) is 12.8. The maximum Gasteiger partial charge on any atom is 0.126 e. The van der Waals surface area contributed by atoms with Crippen LogP contribution in [-0.2, 0) is 29.2 Å². The number of hydrogen-bond acceptors (Lipinski definition) is 5. The molecule has 0 radical (unpaired) electrons. The molecule has 4 rings (SSSR count). The average Bonchev–Trinajstić information content (AvgIpc) is 3.10. The molecule has 140 valence electrons. The number of imidazole rings is 1. The molecule has 26 heavy (non-hydrogen) atoms. The molecule has 4 heterocycles. The van der Waals surface area contributed by atoms with Crippen molar-refractivity contribution >= 4 is 0 Å². The quantitative estimate of drug-likeness (QED) is 0.797. The topological polar surface area (TPSA) is 52.4 Å². The molecule has 0 unspecified atom stereocenters. The lowest BCUT2D eigenvalue weighted by Gasteiger charge is -2.34. The second-order valence-electron chi connectivity index (χ2n) is 7.33. The number of ether oxygens (including phenoxy) is 2. The van der Waals surface area contributed by atoms with Crippen LogP contribution in [0.1, 0.15) is 42.9 Å². The van der Waals surface area contributed by atoms with E-state index in [1.165, 1.54) is 11.3 Å². The van der Waals surface area contributed by atoms with Gasteiger partial charge in [-0.3, -0.25) is 9.88 Å². The van der Waals surface area contributed by atoms with Gasteiger partial charge in [-0.2, -0.15) is 0 Å².